The van der Waals surface area contributed by atoms with Gasteiger partial charge in [0.1, 0.15) is 11.1 Å². The normalized spacial score (nSPS) is 10.8. The molecule has 0 radical (unpaired) electrons. The monoisotopic (exact) mass is 345 g/mol. The first-order chi connectivity index (χ1) is 11.6. The second-order valence-electron chi connectivity index (χ2n) is 5.16. The zero-order chi connectivity index (χ0) is 17.1. The molecule has 1 aromatic heterocycles. The number of benzene rings is 2. The molecule has 2 aromatic carbocycles. The Hall–Kier alpha value is -2.46. The van der Waals surface area contributed by atoms with E-state index in [1.165, 1.54) is 0 Å². The molecule has 124 valence electrons. The minimum Gasteiger partial charge on any atom is -0.504 e. The van der Waals surface area contributed by atoms with Crippen molar-refractivity contribution >= 4 is 22.6 Å². The topological polar surface area (TPSA) is 50.0 Å². The fraction of sp³-hybridized carbons (Fsp3) is 0.211. The van der Waals surface area contributed by atoms with Gasteiger partial charge in [-0.05, 0) is 38.1 Å². The summed E-state index contributed by atoms with van der Waals surface area (Å²) in [7, 11) is 0. The first-order valence-electron chi connectivity index (χ1n) is 7.77. The molecule has 3 rings (SSSR count). The van der Waals surface area contributed by atoms with Crippen molar-refractivity contribution in [2.75, 3.05) is 13.2 Å². The number of phenolic OH excluding ortho intramolecular Hbond substituents is 1. The van der Waals surface area contributed by atoms with Crippen LogP contribution in [0.3, 0.4) is 0 Å². The standard InChI is InChI=1S/C19H17ClO4/c1-3-22-18-11-17(24-16-8-6-13(20)10-14(16)18)12-5-7-15(21)19(9-12)23-4-2/h5-11H,3-4H2,1-2H3/p+1. The molecule has 0 spiro atoms. The third kappa shape index (κ3) is 3.24. The van der Waals surface area contributed by atoms with Crippen molar-refractivity contribution in [1.29, 1.82) is 0 Å². The first kappa shape index (κ1) is 16.4. The van der Waals surface area contributed by atoms with Gasteiger partial charge in [-0.2, -0.15) is 0 Å². The van der Waals surface area contributed by atoms with Crippen LogP contribution in [0.25, 0.3) is 22.3 Å². The van der Waals surface area contributed by atoms with Gasteiger partial charge >= 0.3 is 11.3 Å². The maximum atomic E-state index is 9.86. The maximum absolute atomic E-state index is 9.86. The number of aromatic hydroxyl groups is 1. The van der Waals surface area contributed by atoms with Crippen molar-refractivity contribution in [3.63, 3.8) is 0 Å². The smallest absolute Gasteiger partial charge is 0.364 e. The highest BCUT2D eigenvalue weighted by atomic mass is 35.5. The number of rotatable bonds is 5. The van der Waals surface area contributed by atoms with Gasteiger partial charge in [0.25, 0.3) is 0 Å². The Morgan fingerprint density at radius 3 is 2.46 bits per heavy atom. The lowest BCUT2D eigenvalue weighted by Crippen LogP contribution is -1.94. The van der Waals surface area contributed by atoms with Gasteiger partial charge in [-0.15, -0.1) is 0 Å². The molecule has 0 saturated carbocycles. The van der Waals surface area contributed by atoms with Crippen molar-refractivity contribution in [2.24, 2.45) is 0 Å². The van der Waals surface area contributed by atoms with Gasteiger partial charge < -0.3 is 14.6 Å². The molecule has 5 heteroatoms. The van der Waals surface area contributed by atoms with Gasteiger partial charge in [-0.25, -0.2) is 4.42 Å². The van der Waals surface area contributed by atoms with Crippen LogP contribution in [0.1, 0.15) is 13.8 Å². The van der Waals surface area contributed by atoms with Gasteiger partial charge in [0.2, 0.25) is 0 Å². The highest BCUT2D eigenvalue weighted by Gasteiger charge is 2.21. The fourth-order valence-corrected chi connectivity index (χ4v) is 2.66. The first-order valence-corrected chi connectivity index (χ1v) is 8.15. The Bertz CT molecular complexity index is 877. The Balaban J connectivity index is 2.16. The third-order valence-corrected chi connectivity index (χ3v) is 3.77. The van der Waals surface area contributed by atoms with E-state index in [1.54, 1.807) is 24.3 Å². The third-order valence-electron chi connectivity index (χ3n) is 3.53. The molecule has 1 heterocycles. The summed E-state index contributed by atoms with van der Waals surface area (Å²) in [4.78, 5) is 0. The van der Waals surface area contributed by atoms with Crippen LogP contribution in [0.2, 0.25) is 5.02 Å². The average Bonchev–Trinajstić information content (AvgIpc) is 2.57. The summed E-state index contributed by atoms with van der Waals surface area (Å²) in [6.07, 6.45) is 0. The Kier molecular flexibility index (Phi) is 4.76. The van der Waals surface area contributed by atoms with Crippen LogP contribution in [0.5, 0.6) is 17.2 Å². The molecule has 3 aromatic rings. The number of ether oxygens (including phenoxy) is 2. The molecule has 0 amide bonds. The lowest BCUT2D eigenvalue weighted by atomic mass is 10.1. The molecule has 1 N–H and O–H groups in total. The summed E-state index contributed by atoms with van der Waals surface area (Å²) in [5, 5.41) is 11.3. The lowest BCUT2D eigenvalue weighted by Gasteiger charge is -2.07. The quantitative estimate of drug-likeness (QED) is 0.617. The van der Waals surface area contributed by atoms with Crippen molar-refractivity contribution in [3.05, 3.63) is 47.5 Å². The van der Waals surface area contributed by atoms with Crippen LogP contribution in [0, 0.1) is 0 Å². The van der Waals surface area contributed by atoms with E-state index in [-0.39, 0.29) is 5.75 Å². The van der Waals surface area contributed by atoms with Crippen LogP contribution in [0.4, 0.5) is 0 Å². The van der Waals surface area contributed by atoms with Crippen LogP contribution < -0.4 is 9.47 Å². The van der Waals surface area contributed by atoms with Gasteiger partial charge in [0, 0.05) is 17.2 Å². The average molecular weight is 346 g/mol. The van der Waals surface area contributed by atoms with E-state index in [9.17, 15) is 5.11 Å². The van der Waals surface area contributed by atoms with E-state index in [1.807, 2.05) is 32.0 Å². The van der Waals surface area contributed by atoms with Crippen molar-refractivity contribution in [3.8, 4) is 28.6 Å². The van der Waals surface area contributed by atoms with Gasteiger partial charge in [0.05, 0.1) is 24.8 Å². The van der Waals surface area contributed by atoms with Gasteiger partial charge in [0.15, 0.2) is 11.5 Å². The van der Waals surface area contributed by atoms with Gasteiger partial charge in [-0.3, -0.25) is 0 Å². The van der Waals surface area contributed by atoms with Gasteiger partial charge in [-0.1, -0.05) is 11.6 Å². The molecule has 0 atom stereocenters. The van der Waals surface area contributed by atoms with Crippen molar-refractivity contribution < 1.29 is 19.0 Å². The predicted octanol–water partition coefficient (Wildman–Crippen LogP) is 5.54. The van der Waals surface area contributed by atoms with E-state index >= 15 is 0 Å². The fourth-order valence-electron chi connectivity index (χ4n) is 2.48. The summed E-state index contributed by atoms with van der Waals surface area (Å²) in [6.45, 7) is 4.79. The Labute approximate surface area is 145 Å². The maximum Gasteiger partial charge on any atom is 0.364 e. The molecule has 0 unspecified atom stereocenters. The molecule has 0 bridgehead atoms. The Morgan fingerprint density at radius 1 is 0.958 bits per heavy atom. The lowest BCUT2D eigenvalue weighted by molar-refractivity contribution is 0.318. The highest BCUT2D eigenvalue weighted by molar-refractivity contribution is 6.31. The summed E-state index contributed by atoms with van der Waals surface area (Å²) in [5.74, 6) is 1.83. The van der Waals surface area contributed by atoms with Crippen molar-refractivity contribution in [1.82, 2.24) is 0 Å². The SMILES string of the molecule is CCOc1cc(-c2cc(OCC)c3cc(Cl)ccc3[o+]2)ccc1O. The minimum atomic E-state index is 0.0956. The zero-order valence-electron chi connectivity index (χ0n) is 13.5. The van der Waals surface area contributed by atoms with E-state index < -0.39 is 0 Å². The second kappa shape index (κ2) is 6.97. The van der Waals surface area contributed by atoms with E-state index in [2.05, 4.69) is 0 Å². The summed E-state index contributed by atoms with van der Waals surface area (Å²) >= 11 is 6.08. The molecule has 0 aliphatic carbocycles. The Morgan fingerprint density at radius 2 is 1.71 bits per heavy atom. The number of hydrogen-bond acceptors (Lipinski definition) is 3. The summed E-state index contributed by atoms with van der Waals surface area (Å²) in [5.41, 5.74) is 1.46. The van der Waals surface area contributed by atoms with E-state index in [4.69, 9.17) is 25.5 Å². The summed E-state index contributed by atoms with van der Waals surface area (Å²) < 4.78 is 17.2. The van der Waals surface area contributed by atoms with Crippen molar-refractivity contribution in [2.45, 2.75) is 13.8 Å². The zero-order valence-corrected chi connectivity index (χ0v) is 14.3. The number of phenols is 1. The molecule has 4 nitrogen and oxygen atoms in total. The number of hydrogen-bond donors (Lipinski definition) is 1. The predicted molar refractivity (Wildman–Crippen MR) is 95.1 cm³/mol. The highest BCUT2D eigenvalue weighted by Crippen LogP contribution is 2.37. The molecule has 24 heavy (non-hydrogen) atoms. The molecule has 0 aliphatic heterocycles. The van der Waals surface area contributed by atoms with Crippen LogP contribution in [0.15, 0.2) is 46.9 Å². The van der Waals surface area contributed by atoms with Crippen LogP contribution in [-0.2, 0) is 0 Å². The number of fused-ring (bicyclic) bond motifs is 1. The molecular weight excluding hydrogens is 328 g/mol. The molecule has 0 fully saturated rings. The van der Waals surface area contributed by atoms with E-state index in [0.29, 0.717) is 41.1 Å². The largest absolute Gasteiger partial charge is 0.504 e. The molecular formula is C19H18ClO4+. The summed E-state index contributed by atoms with van der Waals surface area (Å²) in [6, 6.07) is 12.3. The molecule has 0 saturated heterocycles. The van der Waals surface area contributed by atoms with Crippen LogP contribution >= 0.6 is 11.6 Å². The molecule has 0 aliphatic rings. The second-order valence-corrected chi connectivity index (χ2v) is 5.60. The van der Waals surface area contributed by atoms with Crippen LogP contribution in [-0.4, -0.2) is 18.3 Å². The number of halogens is 1. The minimum absolute atomic E-state index is 0.0956. The van der Waals surface area contributed by atoms with E-state index in [0.717, 1.165) is 10.9 Å².